The number of hydrogen-bond donors (Lipinski definition) is 1. The predicted molar refractivity (Wildman–Crippen MR) is 198 cm³/mol. The molecule has 0 heterocycles. The Morgan fingerprint density at radius 3 is 1.43 bits per heavy atom. The second-order valence-electron chi connectivity index (χ2n) is 8.70. The number of benzene rings is 2. The molecule has 0 amide bonds. The van der Waals surface area contributed by atoms with Gasteiger partial charge in [-0.1, -0.05) is 54.0 Å². The monoisotopic (exact) mass is 1110 g/mol. The summed E-state index contributed by atoms with van der Waals surface area (Å²) >= 11 is 0. The van der Waals surface area contributed by atoms with E-state index in [0.717, 1.165) is 0 Å². The minimum Gasteiger partial charge on any atom is -1.00 e. The van der Waals surface area contributed by atoms with Crippen LogP contribution >= 0.6 is 15.2 Å². The van der Waals surface area contributed by atoms with Crippen LogP contribution in [0.3, 0.4) is 0 Å². The number of aromatic hydroxyl groups is 1. The summed E-state index contributed by atoms with van der Waals surface area (Å²) in [5.74, 6) is 0.513. The molecule has 1 N–H and O–H groups in total. The zero-order valence-corrected chi connectivity index (χ0v) is 45.1. The van der Waals surface area contributed by atoms with Crippen LogP contribution in [-0.2, 0) is 51.2 Å². The fourth-order valence-electron chi connectivity index (χ4n) is 2.89. The van der Waals surface area contributed by atoms with E-state index in [2.05, 4.69) is 18.1 Å². The molecule has 16 nitrogen and oxygen atoms in total. The number of halogens is 3. The molecule has 0 bridgehead atoms. The van der Waals surface area contributed by atoms with Crippen molar-refractivity contribution in [1.82, 2.24) is 0 Å². The van der Waals surface area contributed by atoms with E-state index >= 15 is 0 Å². The number of phenols is 1. The van der Waals surface area contributed by atoms with E-state index in [1.807, 2.05) is 0 Å². The molecule has 0 aromatic heterocycles. The number of Topliss-reactive ketones (excluding diaryl/α,β-unsaturated/α-hetero) is 2. The first kappa shape index (κ1) is 74.4. The van der Waals surface area contributed by atoms with Gasteiger partial charge >= 0.3 is 169 Å². The Labute approximate surface area is 449 Å². The first-order chi connectivity index (χ1) is 23.2. The molecule has 0 spiro atoms. The second kappa shape index (κ2) is 40.0. The molecule has 0 aliphatic carbocycles. The zero-order chi connectivity index (χ0) is 39.0. The molecule has 24 heteroatoms. The molecule has 2 aromatic rings. The van der Waals surface area contributed by atoms with Gasteiger partial charge in [0.15, 0.2) is 24.3 Å². The van der Waals surface area contributed by atoms with Crippen molar-refractivity contribution >= 4 is 43.3 Å². The normalized spacial score (nSPS) is 10.1. The van der Waals surface area contributed by atoms with E-state index in [1.54, 1.807) is 50.2 Å². The predicted octanol–water partition coefficient (Wildman–Crippen LogP) is 2.26. The number of carbonyl (C=O) groups is 3. The molecule has 0 unspecified atom stereocenters. The van der Waals surface area contributed by atoms with Crippen LogP contribution in [0.15, 0.2) is 48.5 Å². The van der Waals surface area contributed by atoms with Crippen molar-refractivity contribution in [3.63, 3.8) is 0 Å². The van der Waals surface area contributed by atoms with Gasteiger partial charge in [-0.05, 0) is 65.8 Å². The molecule has 2 rings (SSSR count). The summed E-state index contributed by atoms with van der Waals surface area (Å²) in [6.07, 6.45) is -1.48. The fourth-order valence-corrected chi connectivity index (χ4v) is 6.43. The quantitative estimate of drug-likeness (QED) is 0.0456. The van der Waals surface area contributed by atoms with Crippen molar-refractivity contribution in [2.45, 2.75) is 76.8 Å². The molecule has 0 saturated carbocycles. The number of rotatable bonds is 17. The summed E-state index contributed by atoms with van der Waals surface area (Å²) < 4.78 is 109. The van der Waals surface area contributed by atoms with Gasteiger partial charge in [-0.2, -0.15) is 21.6 Å². The minimum atomic E-state index is -5.80. The number of phenolic OH excluding ortho intramolecular Hbond substituents is 1. The standard InChI is InChI=1S/C13H19O5P.C8H8O2.C6H12F3O6PS.CH2O3.4CH4.2Cs.H/c1-4-17-19(15,18-5-2)10-16-13-8-6-7-12(9-13)11(3)14;1-6(9)7-3-2-4-8(10)5-7;1-3-13-16(10,14-4-2)5-15-17(11,12)6(7,8)9;2-1-4-3;;;;;;;/h6-9H,4-5,10H2,1-3H3;2-5,10H,1H3;3-5H2,1-2H3;1,3H;4*1H4;;;/q;;;;;;;;2*+1;-1/p-1. The van der Waals surface area contributed by atoms with Gasteiger partial charge in [0, 0.05) is 11.1 Å². The average Bonchev–Trinajstić information content (AvgIpc) is 3.04. The summed E-state index contributed by atoms with van der Waals surface area (Å²) in [4.78, 5) is 33.2. The molecule has 0 saturated heterocycles. The van der Waals surface area contributed by atoms with Gasteiger partial charge < -0.3 is 39.5 Å². The van der Waals surface area contributed by atoms with Gasteiger partial charge in [-0.25, -0.2) is 0 Å². The summed E-state index contributed by atoms with van der Waals surface area (Å²) in [5.41, 5.74) is -4.49. The Bertz CT molecular complexity index is 1520. The Balaban J connectivity index is -0.0000000802. The minimum absolute atomic E-state index is 0. The molecule has 0 atom stereocenters. The number of hydrogen-bond acceptors (Lipinski definition) is 16. The number of alkyl halides is 3. The zero-order valence-electron chi connectivity index (χ0n) is 30.9. The van der Waals surface area contributed by atoms with Crippen LogP contribution < -0.4 is 148 Å². The average molecular weight is 1110 g/mol. The van der Waals surface area contributed by atoms with E-state index in [9.17, 15) is 40.3 Å². The maximum atomic E-state index is 12.2. The van der Waals surface area contributed by atoms with Gasteiger partial charge in [0.05, 0.1) is 26.4 Å². The van der Waals surface area contributed by atoms with Crippen LogP contribution in [0, 0.1) is 0 Å². The van der Waals surface area contributed by atoms with E-state index in [0.29, 0.717) is 16.9 Å². The van der Waals surface area contributed by atoms with Crippen molar-refractivity contribution in [1.29, 1.82) is 0 Å². The van der Waals surface area contributed by atoms with Crippen LogP contribution in [-0.4, -0.2) is 76.2 Å². The van der Waals surface area contributed by atoms with Crippen LogP contribution in [0.2, 0.25) is 0 Å². The molecule has 0 aliphatic rings. The third-order valence-electron chi connectivity index (χ3n) is 4.87. The molecule has 2 aromatic carbocycles. The molecule has 0 fully saturated rings. The van der Waals surface area contributed by atoms with Crippen molar-refractivity contribution in [3.8, 4) is 11.5 Å². The van der Waals surface area contributed by atoms with Crippen LogP contribution in [0.1, 0.15) is 93.4 Å². The van der Waals surface area contributed by atoms with Gasteiger partial charge in [0.1, 0.15) is 11.5 Å². The summed E-state index contributed by atoms with van der Waals surface area (Å²) in [6, 6.07) is 13.0. The van der Waals surface area contributed by atoms with Gasteiger partial charge in [-0.3, -0.25) is 27.7 Å². The third-order valence-corrected chi connectivity index (χ3v) is 9.54. The Morgan fingerprint density at radius 1 is 0.768 bits per heavy atom. The molecular weight excluding hydrogens is 1060 g/mol. The number of ether oxygens (including phenoxy) is 1. The summed E-state index contributed by atoms with van der Waals surface area (Å²) in [5, 5.41) is 17.3. The first-order valence-corrected chi connectivity index (χ1v) is 19.0. The van der Waals surface area contributed by atoms with Gasteiger partial charge in [-0.15, -0.1) is 0 Å². The van der Waals surface area contributed by atoms with Crippen molar-refractivity contribution in [3.05, 3.63) is 59.7 Å². The van der Waals surface area contributed by atoms with Crippen molar-refractivity contribution in [2.75, 3.05) is 39.1 Å². The van der Waals surface area contributed by atoms with E-state index in [1.165, 1.54) is 39.8 Å². The SMILES string of the molecule is C.C.C.C.CC(=O)c1cccc(O)c1.CCOP(=O)(COS(=O)(=O)C(F)(F)F)OCC.CCOP(=O)(COc1cccc(C(C)=O)c1)OCC.O=CO[O-].[Cs+].[Cs+].[H-]. The largest absolute Gasteiger partial charge is 1.00 e. The first-order valence-electron chi connectivity index (χ1n) is 14.2. The number of carbonyl (C=O) groups excluding carboxylic acids is 3. The molecule has 56 heavy (non-hydrogen) atoms. The Morgan fingerprint density at radius 2 is 1.12 bits per heavy atom. The van der Waals surface area contributed by atoms with E-state index < -0.39 is 37.2 Å². The fraction of sp³-hybridized carbons (Fsp3) is 0.531. The topological polar surface area (TPSA) is 227 Å². The maximum absolute atomic E-state index is 12.2. The molecule has 0 aliphatic heterocycles. The van der Waals surface area contributed by atoms with Crippen molar-refractivity contribution in [2.24, 2.45) is 0 Å². The number of ketones is 2. The second-order valence-corrected chi connectivity index (χ2v) is 14.3. The van der Waals surface area contributed by atoms with E-state index in [-0.39, 0.29) is 225 Å². The third kappa shape index (κ3) is 34.6. The van der Waals surface area contributed by atoms with Crippen molar-refractivity contribution < 1.29 is 227 Å². The van der Waals surface area contributed by atoms with Gasteiger partial charge in [0.25, 0.3) is 6.47 Å². The molecule has 0 radical (unpaired) electrons. The van der Waals surface area contributed by atoms with E-state index in [4.69, 9.17) is 28.9 Å². The van der Waals surface area contributed by atoms with Crippen LogP contribution in [0.25, 0.3) is 0 Å². The smallest absolute Gasteiger partial charge is 1.00 e. The Hall–Kier alpha value is 0.914. The Kier molecular flexibility index (Phi) is 53.1. The van der Waals surface area contributed by atoms with Gasteiger partial charge in [0.2, 0.25) is 0 Å². The summed E-state index contributed by atoms with van der Waals surface area (Å²) in [6.45, 7) is 9.42. The van der Waals surface area contributed by atoms with Crippen LogP contribution in [0.4, 0.5) is 13.2 Å². The molecule has 320 valence electrons. The molecular formula is C32H57Cs2F3O16P2S. The summed E-state index contributed by atoms with van der Waals surface area (Å²) in [7, 11) is -13.0. The maximum Gasteiger partial charge on any atom is 1.00 e. The van der Waals surface area contributed by atoms with Crippen LogP contribution in [0.5, 0.6) is 11.5 Å².